The molecule has 0 amide bonds. The lowest BCUT2D eigenvalue weighted by Gasteiger charge is -2.36. The van der Waals surface area contributed by atoms with Crippen molar-refractivity contribution in [2.75, 3.05) is 0 Å². The molecule has 1 aliphatic rings. The first-order chi connectivity index (χ1) is 9.58. The first-order valence-corrected chi connectivity index (χ1v) is 6.52. The molecule has 0 aromatic heterocycles. The van der Waals surface area contributed by atoms with Gasteiger partial charge in [0.25, 0.3) is 5.60 Å². The fraction of sp³-hybridized carbons (Fsp3) is 0.467. The molecule has 1 unspecified atom stereocenters. The Kier molecular flexibility index (Phi) is 3.59. The van der Waals surface area contributed by atoms with E-state index >= 15 is 0 Å². The average Bonchev–Trinajstić information content (AvgIpc) is 2.36. The van der Waals surface area contributed by atoms with Gasteiger partial charge in [-0.05, 0) is 30.0 Å². The Morgan fingerprint density at radius 2 is 1.95 bits per heavy atom. The Morgan fingerprint density at radius 3 is 2.43 bits per heavy atom. The van der Waals surface area contributed by atoms with Crippen LogP contribution in [0.15, 0.2) is 18.2 Å². The van der Waals surface area contributed by atoms with Crippen molar-refractivity contribution in [3.8, 4) is 0 Å². The molecule has 0 radical (unpaired) electrons. The van der Waals surface area contributed by atoms with Gasteiger partial charge in [0, 0.05) is 6.42 Å². The van der Waals surface area contributed by atoms with Gasteiger partial charge in [-0.25, -0.2) is 4.79 Å². The summed E-state index contributed by atoms with van der Waals surface area (Å²) in [6, 6.07) is 4.67. The number of carbonyl (C=O) groups is 2. The minimum absolute atomic E-state index is 0.0994. The van der Waals surface area contributed by atoms with Crippen LogP contribution >= 0.6 is 0 Å². The summed E-state index contributed by atoms with van der Waals surface area (Å²) in [4.78, 5) is 23.5. The number of Topliss-reactive ketones (excluding diaryl/α,β-unsaturated/α-hetero) is 1. The van der Waals surface area contributed by atoms with Gasteiger partial charge >= 0.3 is 12.1 Å². The molecule has 114 valence electrons. The monoisotopic (exact) mass is 300 g/mol. The van der Waals surface area contributed by atoms with Gasteiger partial charge in [-0.1, -0.05) is 26.0 Å². The van der Waals surface area contributed by atoms with E-state index < -0.39 is 30.0 Å². The van der Waals surface area contributed by atoms with Crippen molar-refractivity contribution >= 4 is 11.8 Å². The van der Waals surface area contributed by atoms with Gasteiger partial charge < -0.3 is 4.74 Å². The van der Waals surface area contributed by atoms with Crippen LogP contribution in [0.25, 0.3) is 0 Å². The highest BCUT2D eigenvalue weighted by atomic mass is 19.4. The second-order valence-electron chi connectivity index (χ2n) is 5.52. The Morgan fingerprint density at radius 1 is 1.33 bits per heavy atom. The molecule has 1 aromatic rings. The van der Waals surface area contributed by atoms with E-state index in [1.165, 1.54) is 12.1 Å². The summed E-state index contributed by atoms with van der Waals surface area (Å²) in [6.45, 7) is 4.60. The summed E-state index contributed by atoms with van der Waals surface area (Å²) in [7, 11) is 0. The van der Waals surface area contributed by atoms with Crippen LogP contribution in [0.4, 0.5) is 13.2 Å². The molecule has 2 rings (SSSR count). The van der Waals surface area contributed by atoms with Gasteiger partial charge in [0.05, 0.1) is 5.56 Å². The minimum Gasteiger partial charge on any atom is -0.437 e. The lowest BCUT2D eigenvalue weighted by molar-refractivity contribution is -0.250. The van der Waals surface area contributed by atoms with Gasteiger partial charge in [-0.15, -0.1) is 0 Å². The highest BCUT2D eigenvalue weighted by Crippen LogP contribution is 2.41. The van der Waals surface area contributed by atoms with Gasteiger partial charge in [-0.2, -0.15) is 13.2 Å². The third kappa shape index (κ3) is 2.43. The molecule has 21 heavy (non-hydrogen) atoms. The van der Waals surface area contributed by atoms with E-state index in [-0.39, 0.29) is 17.0 Å². The summed E-state index contributed by atoms with van der Waals surface area (Å²) in [5, 5.41) is 0. The summed E-state index contributed by atoms with van der Waals surface area (Å²) in [5.41, 5.74) is -1.96. The summed E-state index contributed by atoms with van der Waals surface area (Å²) in [6.07, 6.45) is -5.62. The molecule has 3 nitrogen and oxygen atoms in total. The van der Waals surface area contributed by atoms with E-state index in [9.17, 15) is 22.8 Å². The molecule has 1 aromatic carbocycles. The second-order valence-corrected chi connectivity index (χ2v) is 5.52. The van der Waals surface area contributed by atoms with Gasteiger partial charge in [0.1, 0.15) is 0 Å². The molecule has 0 aliphatic carbocycles. The minimum atomic E-state index is -4.94. The standard InChI is InChI=1S/C15H15F3O3/c1-8(2)10-4-5-11-7-14(9(3)19,15(16,17)18)21-13(20)12(11)6-10/h4-6,8H,7H2,1-3H3. The van der Waals surface area contributed by atoms with E-state index in [0.29, 0.717) is 0 Å². The predicted octanol–water partition coefficient (Wildman–Crippen LogP) is 3.41. The lowest BCUT2D eigenvalue weighted by atomic mass is 9.84. The Labute approximate surface area is 120 Å². The molecule has 0 bridgehead atoms. The smallest absolute Gasteiger partial charge is 0.436 e. The quantitative estimate of drug-likeness (QED) is 0.786. The van der Waals surface area contributed by atoms with Crippen molar-refractivity contribution < 1.29 is 27.5 Å². The maximum atomic E-state index is 13.2. The van der Waals surface area contributed by atoms with E-state index in [0.717, 1.165) is 12.5 Å². The van der Waals surface area contributed by atoms with E-state index in [1.54, 1.807) is 6.07 Å². The topological polar surface area (TPSA) is 43.4 Å². The zero-order valence-corrected chi connectivity index (χ0v) is 11.9. The zero-order valence-electron chi connectivity index (χ0n) is 11.9. The van der Waals surface area contributed by atoms with Crippen molar-refractivity contribution in [2.45, 2.75) is 44.9 Å². The van der Waals surface area contributed by atoms with Gasteiger partial charge in [0.15, 0.2) is 5.78 Å². The van der Waals surface area contributed by atoms with Crippen LogP contribution in [0.3, 0.4) is 0 Å². The molecular formula is C15H15F3O3. The van der Waals surface area contributed by atoms with Crippen LogP contribution in [0, 0.1) is 0 Å². The number of alkyl halides is 3. The van der Waals surface area contributed by atoms with Crippen LogP contribution in [0.1, 0.15) is 48.2 Å². The lowest BCUT2D eigenvalue weighted by Crippen LogP contribution is -2.58. The number of rotatable bonds is 2. The normalized spacial score (nSPS) is 22.0. The van der Waals surface area contributed by atoms with Crippen molar-refractivity contribution in [2.24, 2.45) is 0 Å². The summed E-state index contributed by atoms with van der Waals surface area (Å²) >= 11 is 0. The maximum Gasteiger partial charge on any atom is 0.436 e. The zero-order chi connectivity index (χ0) is 16.0. The maximum absolute atomic E-state index is 13.2. The number of carbonyl (C=O) groups excluding carboxylic acids is 2. The number of fused-ring (bicyclic) bond motifs is 1. The van der Waals surface area contributed by atoms with E-state index in [1.807, 2.05) is 13.8 Å². The molecule has 1 aliphatic heterocycles. The Balaban J connectivity index is 2.55. The fourth-order valence-corrected chi connectivity index (χ4v) is 2.37. The Bertz CT molecular complexity index is 605. The molecular weight excluding hydrogens is 285 g/mol. The Hall–Kier alpha value is -1.85. The van der Waals surface area contributed by atoms with Crippen LogP contribution in [-0.4, -0.2) is 23.5 Å². The third-order valence-electron chi connectivity index (χ3n) is 3.75. The van der Waals surface area contributed by atoms with Crippen LogP contribution in [-0.2, 0) is 16.0 Å². The second kappa shape index (κ2) is 4.86. The van der Waals surface area contributed by atoms with E-state index in [2.05, 4.69) is 4.74 Å². The summed E-state index contributed by atoms with van der Waals surface area (Å²) < 4.78 is 44.2. The highest BCUT2D eigenvalue weighted by molar-refractivity contribution is 5.98. The molecule has 0 spiro atoms. The predicted molar refractivity (Wildman–Crippen MR) is 69.1 cm³/mol. The van der Waals surface area contributed by atoms with Gasteiger partial charge in [-0.3, -0.25) is 4.79 Å². The number of ketones is 1. The number of halogens is 3. The fourth-order valence-electron chi connectivity index (χ4n) is 2.37. The molecule has 1 heterocycles. The number of ether oxygens (including phenoxy) is 1. The molecule has 6 heteroatoms. The van der Waals surface area contributed by atoms with Crippen molar-refractivity contribution in [1.82, 2.24) is 0 Å². The number of hydrogen-bond acceptors (Lipinski definition) is 3. The molecule has 1 atom stereocenters. The molecule has 0 saturated heterocycles. The van der Waals surface area contributed by atoms with Gasteiger partial charge in [0.2, 0.25) is 0 Å². The summed E-state index contributed by atoms with van der Waals surface area (Å²) in [5.74, 6) is -2.20. The average molecular weight is 300 g/mol. The number of benzene rings is 1. The number of cyclic esters (lactones) is 1. The number of hydrogen-bond donors (Lipinski definition) is 0. The molecule has 0 fully saturated rings. The first-order valence-electron chi connectivity index (χ1n) is 6.52. The highest BCUT2D eigenvalue weighted by Gasteiger charge is 2.63. The SMILES string of the molecule is CC(=O)C1(C(F)(F)F)Cc2ccc(C(C)C)cc2C(=O)O1. The van der Waals surface area contributed by atoms with Crippen molar-refractivity contribution in [3.63, 3.8) is 0 Å². The van der Waals surface area contributed by atoms with Crippen molar-refractivity contribution in [3.05, 3.63) is 34.9 Å². The first kappa shape index (κ1) is 15.5. The largest absolute Gasteiger partial charge is 0.437 e. The van der Waals surface area contributed by atoms with Crippen molar-refractivity contribution in [1.29, 1.82) is 0 Å². The molecule has 0 N–H and O–H groups in total. The van der Waals surface area contributed by atoms with Crippen LogP contribution in [0.5, 0.6) is 0 Å². The van der Waals surface area contributed by atoms with Crippen LogP contribution in [0.2, 0.25) is 0 Å². The number of esters is 1. The van der Waals surface area contributed by atoms with E-state index in [4.69, 9.17) is 0 Å². The third-order valence-corrected chi connectivity index (χ3v) is 3.75. The van der Waals surface area contributed by atoms with Crippen LogP contribution < -0.4 is 0 Å². The molecule has 0 saturated carbocycles.